The summed E-state index contributed by atoms with van der Waals surface area (Å²) in [5.41, 5.74) is 6.57. The van der Waals surface area contributed by atoms with Crippen molar-refractivity contribution in [3.8, 4) is 5.75 Å². The van der Waals surface area contributed by atoms with E-state index < -0.39 is 6.10 Å². The van der Waals surface area contributed by atoms with Crippen molar-refractivity contribution in [2.75, 3.05) is 0 Å². The molecule has 2 nitrogen and oxygen atoms in total. The lowest BCUT2D eigenvalue weighted by molar-refractivity contribution is 0.165. The standard InChI is InChI=1S/C16H16BrClFNO/c1-2-14(20)16(11-5-3-4-6-13(11)19)21-15-8-7-10(18)9-12(15)17/h3-9,14,16H,2,20H2,1H3. The van der Waals surface area contributed by atoms with Gasteiger partial charge in [0.25, 0.3) is 0 Å². The second-order valence-corrected chi connectivity index (χ2v) is 6.00. The highest BCUT2D eigenvalue weighted by molar-refractivity contribution is 9.10. The fraction of sp³-hybridized carbons (Fsp3) is 0.250. The molecule has 0 saturated heterocycles. The van der Waals surface area contributed by atoms with Gasteiger partial charge in [-0.25, -0.2) is 4.39 Å². The third-order valence-electron chi connectivity index (χ3n) is 3.22. The Bertz CT molecular complexity index is 623. The summed E-state index contributed by atoms with van der Waals surface area (Å²) in [5, 5.41) is 0.594. The number of nitrogens with two attached hydrogens (primary N) is 1. The quantitative estimate of drug-likeness (QED) is 0.792. The van der Waals surface area contributed by atoms with Crippen molar-refractivity contribution in [2.45, 2.75) is 25.5 Å². The molecule has 0 bridgehead atoms. The van der Waals surface area contributed by atoms with Gasteiger partial charge in [-0.15, -0.1) is 0 Å². The second-order valence-electron chi connectivity index (χ2n) is 4.71. The summed E-state index contributed by atoms with van der Waals surface area (Å²) in [6.45, 7) is 1.94. The number of hydrogen-bond acceptors (Lipinski definition) is 2. The van der Waals surface area contributed by atoms with Gasteiger partial charge in [0.2, 0.25) is 0 Å². The maximum atomic E-state index is 14.0. The highest BCUT2D eigenvalue weighted by Crippen LogP contribution is 2.33. The Morgan fingerprint density at radius 2 is 2.00 bits per heavy atom. The Balaban J connectivity index is 2.35. The zero-order valence-corrected chi connectivity index (χ0v) is 13.9. The Hall–Kier alpha value is -1.10. The molecular formula is C16H16BrClFNO. The molecule has 0 spiro atoms. The van der Waals surface area contributed by atoms with E-state index in [1.54, 1.807) is 36.4 Å². The molecule has 0 aromatic heterocycles. The van der Waals surface area contributed by atoms with E-state index in [0.717, 1.165) is 0 Å². The highest BCUT2D eigenvalue weighted by atomic mass is 79.9. The molecule has 5 heteroatoms. The number of hydrogen-bond donors (Lipinski definition) is 1. The van der Waals surface area contributed by atoms with Gasteiger partial charge >= 0.3 is 0 Å². The van der Waals surface area contributed by atoms with Crippen LogP contribution in [0, 0.1) is 5.82 Å². The minimum atomic E-state index is -0.561. The third kappa shape index (κ3) is 3.96. The largest absolute Gasteiger partial charge is 0.483 e. The second kappa shape index (κ2) is 7.25. The van der Waals surface area contributed by atoms with Crippen molar-refractivity contribution in [1.29, 1.82) is 0 Å². The minimum Gasteiger partial charge on any atom is -0.483 e. The molecule has 2 N–H and O–H groups in total. The van der Waals surface area contributed by atoms with Crippen molar-refractivity contribution in [3.05, 3.63) is 63.3 Å². The molecule has 0 aliphatic rings. The fourth-order valence-corrected chi connectivity index (χ4v) is 2.79. The fourth-order valence-electron chi connectivity index (χ4n) is 2.01. The Morgan fingerprint density at radius 3 is 2.62 bits per heavy atom. The molecular weight excluding hydrogens is 357 g/mol. The van der Waals surface area contributed by atoms with Gasteiger partial charge in [-0.3, -0.25) is 0 Å². The van der Waals surface area contributed by atoms with Gasteiger partial charge in [-0.1, -0.05) is 36.7 Å². The van der Waals surface area contributed by atoms with E-state index >= 15 is 0 Å². The molecule has 2 aromatic carbocycles. The summed E-state index contributed by atoms with van der Waals surface area (Å²) in [6, 6.07) is 11.4. The summed E-state index contributed by atoms with van der Waals surface area (Å²) < 4.78 is 20.7. The molecule has 2 unspecified atom stereocenters. The summed E-state index contributed by atoms with van der Waals surface area (Å²) in [6.07, 6.45) is 0.109. The molecule has 2 atom stereocenters. The van der Waals surface area contributed by atoms with Crippen molar-refractivity contribution in [3.63, 3.8) is 0 Å². The molecule has 2 aromatic rings. The van der Waals surface area contributed by atoms with E-state index in [2.05, 4.69) is 15.9 Å². The van der Waals surface area contributed by atoms with Crippen LogP contribution in [0.1, 0.15) is 25.0 Å². The van der Waals surface area contributed by atoms with E-state index in [4.69, 9.17) is 22.1 Å². The van der Waals surface area contributed by atoms with E-state index in [9.17, 15) is 4.39 Å². The number of ether oxygens (including phenoxy) is 1. The first-order valence-corrected chi connectivity index (χ1v) is 7.81. The molecule has 0 saturated carbocycles. The predicted molar refractivity (Wildman–Crippen MR) is 87.2 cm³/mol. The molecule has 0 radical (unpaired) electrons. The normalized spacial score (nSPS) is 13.8. The Kier molecular flexibility index (Phi) is 5.62. The highest BCUT2D eigenvalue weighted by Gasteiger charge is 2.24. The minimum absolute atomic E-state index is 0.315. The van der Waals surface area contributed by atoms with Gasteiger partial charge in [0, 0.05) is 16.6 Å². The lowest BCUT2D eigenvalue weighted by Gasteiger charge is -2.25. The first kappa shape index (κ1) is 16.3. The summed E-state index contributed by atoms with van der Waals surface area (Å²) in [7, 11) is 0. The average molecular weight is 373 g/mol. The van der Waals surface area contributed by atoms with Crippen LogP contribution in [0.2, 0.25) is 5.02 Å². The van der Waals surface area contributed by atoms with Gasteiger partial charge in [-0.2, -0.15) is 0 Å². The molecule has 0 fully saturated rings. The van der Waals surface area contributed by atoms with Crippen molar-refractivity contribution < 1.29 is 9.13 Å². The molecule has 0 aliphatic carbocycles. The maximum absolute atomic E-state index is 14.0. The number of halogens is 3. The van der Waals surface area contributed by atoms with Crippen LogP contribution in [0.4, 0.5) is 4.39 Å². The molecule has 0 aliphatic heterocycles. The van der Waals surface area contributed by atoms with Crippen LogP contribution in [0.15, 0.2) is 46.9 Å². The molecule has 0 heterocycles. The van der Waals surface area contributed by atoms with Crippen LogP contribution in [0.25, 0.3) is 0 Å². The first-order chi connectivity index (χ1) is 10.0. The van der Waals surface area contributed by atoms with Gasteiger partial charge in [-0.05, 0) is 46.6 Å². The van der Waals surface area contributed by atoms with Gasteiger partial charge < -0.3 is 10.5 Å². The van der Waals surface area contributed by atoms with Crippen LogP contribution < -0.4 is 10.5 Å². The number of rotatable bonds is 5. The maximum Gasteiger partial charge on any atom is 0.142 e. The first-order valence-electron chi connectivity index (χ1n) is 6.64. The van der Waals surface area contributed by atoms with E-state index in [-0.39, 0.29) is 11.9 Å². The van der Waals surface area contributed by atoms with Crippen molar-refractivity contribution in [1.82, 2.24) is 0 Å². The Morgan fingerprint density at radius 1 is 1.29 bits per heavy atom. The van der Waals surface area contributed by atoms with Crippen LogP contribution in [0.3, 0.4) is 0 Å². The van der Waals surface area contributed by atoms with Crippen molar-refractivity contribution >= 4 is 27.5 Å². The van der Waals surface area contributed by atoms with Crippen LogP contribution in [0.5, 0.6) is 5.75 Å². The van der Waals surface area contributed by atoms with Crippen LogP contribution >= 0.6 is 27.5 Å². The summed E-state index contributed by atoms with van der Waals surface area (Å²) >= 11 is 9.31. The van der Waals surface area contributed by atoms with E-state index in [0.29, 0.717) is 27.2 Å². The van der Waals surface area contributed by atoms with Gasteiger partial charge in [0.05, 0.1) is 4.47 Å². The molecule has 21 heavy (non-hydrogen) atoms. The average Bonchev–Trinajstić information content (AvgIpc) is 2.47. The SMILES string of the molecule is CCC(N)C(Oc1ccc(Cl)cc1Br)c1ccccc1F. The van der Waals surface area contributed by atoms with Crippen LogP contribution in [-0.4, -0.2) is 6.04 Å². The Labute approximate surface area is 137 Å². The van der Waals surface area contributed by atoms with Crippen molar-refractivity contribution in [2.24, 2.45) is 5.73 Å². The third-order valence-corrected chi connectivity index (χ3v) is 4.07. The van der Waals surface area contributed by atoms with E-state index in [1.807, 2.05) is 6.92 Å². The smallest absolute Gasteiger partial charge is 0.142 e. The lowest BCUT2D eigenvalue weighted by Crippen LogP contribution is -2.32. The summed E-state index contributed by atoms with van der Waals surface area (Å²) in [4.78, 5) is 0. The molecule has 112 valence electrons. The zero-order valence-electron chi connectivity index (χ0n) is 11.5. The predicted octanol–water partition coefficient (Wildman–Crippen LogP) is 5.10. The summed E-state index contributed by atoms with van der Waals surface area (Å²) in [5.74, 6) is 0.257. The van der Waals surface area contributed by atoms with Gasteiger partial charge in [0.1, 0.15) is 17.7 Å². The molecule has 0 amide bonds. The zero-order chi connectivity index (χ0) is 15.4. The van der Waals surface area contributed by atoms with Crippen LogP contribution in [-0.2, 0) is 0 Å². The van der Waals surface area contributed by atoms with E-state index in [1.165, 1.54) is 6.07 Å². The number of benzene rings is 2. The van der Waals surface area contributed by atoms with Gasteiger partial charge in [0.15, 0.2) is 0 Å². The topological polar surface area (TPSA) is 35.2 Å². The monoisotopic (exact) mass is 371 g/mol. The lowest BCUT2D eigenvalue weighted by atomic mass is 10.0. The molecule has 2 rings (SSSR count).